The third-order valence-electron chi connectivity index (χ3n) is 2.66. The highest BCUT2D eigenvalue weighted by molar-refractivity contribution is 7.84. The number of carbonyl (C=O) groups excluding carboxylic acids is 1. The minimum absolute atomic E-state index is 0.0496. The van der Waals surface area contributed by atoms with Crippen molar-refractivity contribution in [3.8, 4) is 0 Å². The molecule has 1 rings (SSSR count). The van der Waals surface area contributed by atoms with E-state index in [1.54, 1.807) is 13.2 Å². The van der Waals surface area contributed by atoms with E-state index in [9.17, 15) is 13.8 Å². The number of urea groups is 1. The first-order valence-electron chi connectivity index (χ1n) is 5.50. The Balaban J connectivity index is 2.42. The zero-order valence-electron chi connectivity index (χ0n) is 10.0. The number of amides is 2. The number of carbonyl (C=O) groups is 2. The lowest BCUT2D eigenvalue weighted by Gasteiger charge is -2.21. The van der Waals surface area contributed by atoms with Gasteiger partial charge in [0.25, 0.3) is 0 Å². The number of nitrogens with one attached hydrogen (secondary N) is 1. The monoisotopic (exact) mass is 262 g/mol. The van der Waals surface area contributed by atoms with Gasteiger partial charge in [-0.1, -0.05) is 0 Å². The molecule has 0 bridgehead atoms. The number of carboxylic acid groups (broad SMARTS) is 1. The van der Waals surface area contributed by atoms with Crippen molar-refractivity contribution in [3.63, 3.8) is 0 Å². The average molecular weight is 262 g/mol. The van der Waals surface area contributed by atoms with Crippen molar-refractivity contribution in [2.24, 2.45) is 0 Å². The number of rotatable bonds is 6. The van der Waals surface area contributed by atoms with E-state index in [4.69, 9.17) is 5.11 Å². The fourth-order valence-electron chi connectivity index (χ4n) is 1.35. The summed E-state index contributed by atoms with van der Waals surface area (Å²) in [6.45, 7) is 1.79. The summed E-state index contributed by atoms with van der Waals surface area (Å²) in [5, 5.41) is 11.2. The van der Waals surface area contributed by atoms with Gasteiger partial charge in [0.2, 0.25) is 0 Å². The van der Waals surface area contributed by atoms with E-state index in [0.717, 1.165) is 12.8 Å². The Morgan fingerprint density at radius 1 is 1.53 bits per heavy atom. The van der Waals surface area contributed by atoms with Gasteiger partial charge in [-0.3, -0.25) is 9.00 Å². The Hall–Kier alpha value is -1.11. The van der Waals surface area contributed by atoms with E-state index in [1.807, 2.05) is 0 Å². The summed E-state index contributed by atoms with van der Waals surface area (Å²) in [6.07, 6.45) is 3.29. The molecule has 2 atom stereocenters. The van der Waals surface area contributed by atoms with Gasteiger partial charge in [0.1, 0.15) is 6.54 Å². The van der Waals surface area contributed by atoms with Crippen LogP contribution in [0.3, 0.4) is 0 Å². The minimum Gasteiger partial charge on any atom is -0.480 e. The Labute approximate surface area is 103 Å². The van der Waals surface area contributed by atoms with Crippen LogP contribution in [0, 0.1) is 0 Å². The number of carboxylic acids is 1. The molecule has 0 spiro atoms. The summed E-state index contributed by atoms with van der Waals surface area (Å²) >= 11 is 0. The maximum atomic E-state index is 11.7. The Morgan fingerprint density at radius 2 is 2.12 bits per heavy atom. The van der Waals surface area contributed by atoms with Crippen molar-refractivity contribution >= 4 is 22.8 Å². The van der Waals surface area contributed by atoms with E-state index < -0.39 is 16.8 Å². The molecule has 2 N–H and O–H groups in total. The van der Waals surface area contributed by atoms with Crippen LogP contribution in [0.1, 0.15) is 19.8 Å². The summed E-state index contributed by atoms with van der Waals surface area (Å²) in [5.41, 5.74) is 0. The van der Waals surface area contributed by atoms with Gasteiger partial charge in [0, 0.05) is 34.9 Å². The van der Waals surface area contributed by atoms with Crippen LogP contribution >= 0.6 is 0 Å². The van der Waals surface area contributed by atoms with Crippen molar-refractivity contribution in [2.45, 2.75) is 31.1 Å². The number of nitrogens with zero attached hydrogens (tertiary/aromatic N) is 1. The molecular formula is C10H18N2O4S. The van der Waals surface area contributed by atoms with Crippen LogP contribution in [-0.4, -0.2) is 56.9 Å². The molecule has 1 aliphatic carbocycles. The van der Waals surface area contributed by atoms with E-state index in [-0.39, 0.29) is 23.9 Å². The first-order valence-corrected chi connectivity index (χ1v) is 7.12. The van der Waals surface area contributed by atoms with Gasteiger partial charge in [-0.05, 0) is 19.8 Å². The number of aliphatic carboxylic acids is 1. The molecule has 0 heterocycles. The zero-order chi connectivity index (χ0) is 13.0. The van der Waals surface area contributed by atoms with Crippen LogP contribution in [0.15, 0.2) is 0 Å². The number of hydrogen-bond acceptors (Lipinski definition) is 3. The highest BCUT2D eigenvalue weighted by Gasteiger charge is 2.33. The normalized spacial score (nSPS) is 18.2. The van der Waals surface area contributed by atoms with Crippen molar-refractivity contribution in [2.75, 3.05) is 19.3 Å². The van der Waals surface area contributed by atoms with Crippen molar-refractivity contribution in [1.82, 2.24) is 10.2 Å². The Morgan fingerprint density at radius 3 is 2.53 bits per heavy atom. The quantitative estimate of drug-likeness (QED) is 0.706. The molecule has 0 saturated heterocycles. The summed E-state index contributed by atoms with van der Waals surface area (Å²) in [6, 6.07) is -0.333. The van der Waals surface area contributed by atoms with Crippen LogP contribution < -0.4 is 5.32 Å². The summed E-state index contributed by atoms with van der Waals surface area (Å²) in [4.78, 5) is 23.7. The summed E-state index contributed by atoms with van der Waals surface area (Å²) in [7, 11) is -0.995. The minimum atomic E-state index is -1.01. The second-order valence-corrected chi connectivity index (χ2v) is 6.05. The van der Waals surface area contributed by atoms with Crippen LogP contribution in [0.4, 0.5) is 4.79 Å². The van der Waals surface area contributed by atoms with Crippen LogP contribution in [-0.2, 0) is 15.6 Å². The van der Waals surface area contributed by atoms with Crippen molar-refractivity contribution < 1.29 is 18.9 Å². The van der Waals surface area contributed by atoms with Crippen LogP contribution in [0.25, 0.3) is 0 Å². The third-order valence-corrected chi connectivity index (χ3v) is 3.96. The van der Waals surface area contributed by atoms with Gasteiger partial charge < -0.3 is 15.3 Å². The highest BCUT2D eigenvalue weighted by atomic mass is 32.2. The molecule has 6 nitrogen and oxygen atoms in total. The fourth-order valence-corrected chi connectivity index (χ4v) is 1.67. The van der Waals surface area contributed by atoms with Crippen molar-refractivity contribution in [1.29, 1.82) is 0 Å². The molecule has 7 heteroatoms. The highest BCUT2D eigenvalue weighted by Crippen LogP contribution is 2.26. The van der Waals surface area contributed by atoms with E-state index in [0.29, 0.717) is 6.54 Å². The van der Waals surface area contributed by atoms with Crippen molar-refractivity contribution in [3.05, 3.63) is 0 Å². The molecule has 0 radical (unpaired) electrons. The van der Waals surface area contributed by atoms with Gasteiger partial charge in [0.15, 0.2) is 0 Å². The molecule has 0 aliphatic heterocycles. The molecule has 0 aromatic rings. The standard InChI is InChI=1S/C10H18N2O4S/c1-7(17(2)16)5-11-10(15)12(6-9(13)14)8-3-4-8/h7-8H,3-6H2,1-2H3,(H,11,15)(H,13,14). The van der Waals surface area contributed by atoms with Crippen LogP contribution in [0.5, 0.6) is 0 Å². The molecular weight excluding hydrogens is 244 g/mol. The molecule has 17 heavy (non-hydrogen) atoms. The third kappa shape index (κ3) is 4.72. The predicted octanol–water partition coefficient (Wildman–Crippen LogP) is 0.0120. The lowest BCUT2D eigenvalue weighted by atomic mass is 10.4. The fraction of sp³-hybridized carbons (Fsp3) is 0.800. The molecule has 1 fully saturated rings. The average Bonchev–Trinajstić information content (AvgIpc) is 3.05. The summed E-state index contributed by atoms with van der Waals surface area (Å²) in [5.74, 6) is -1.01. The van der Waals surface area contributed by atoms with E-state index in [2.05, 4.69) is 5.32 Å². The van der Waals surface area contributed by atoms with E-state index >= 15 is 0 Å². The van der Waals surface area contributed by atoms with Gasteiger partial charge in [-0.2, -0.15) is 0 Å². The lowest BCUT2D eigenvalue weighted by Crippen LogP contribution is -2.46. The van der Waals surface area contributed by atoms with Gasteiger partial charge >= 0.3 is 12.0 Å². The predicted molar refractivity (Wildman–Crippen MR) is 64.3 cm³/mol. The molecule has 2 unspecified atom stereocenters. The molecule has 1 saturated carbocycles. The Bertz CT molecular complexity index is 330. The smallest absolute Gasteiger partial charge is 0.323 e. The molecule has 98 valence electrons. The van der Waals surface area contributed by atoms with Gasteiger partial charge in [0.05, 0.1) is 0 Å². The maximum absolute atomic E-state index is 11.7. The van der Waals surface area contributed by atoms with Gasteiger partial charge in [-0.25, -0.2) is 4.79 Å². The summed E-state index contributed by atoms with van der Waals surface area (Å²) < 4.78 is 11.1. The largest absolute Gasteiger partial charge is 0.480 e. The molecule has 1 aliphatic rings. The molecule has 0 aromatic heterocycles. The van der Waals surface area contributed by atoms with Gasteiger partial charge in [-0.15, -0.1) is 0 Å². The van der Waals surface area contributed by atoms with E-state index in [1.165, 1.54) is 4.90 Å². The topological polar surface area (TPSA) is 86.7 Å². The Kier molecular flexibility index (Phi) is 4.92. The maximum Gasteiger partial charge on any atom is 0.323 e. The second kappa shape index (κ2) is 6.00. The molecule has 2 amide bonds. The first kappa shape index (κ1) is 14.0. The second-order valence-electron chi connectivity index (χ2n) is 4.25. The lowest BCUT2D eigenvalue weighted by molar-refractivity contribution is -0.137. The SMILES string of the molecule is CC(CNC(=O)N(CC(=O)O)C1CC1)S(C)=O. The molecule has 0 aromatic carbocycles. The zero-order valence-corrected chi connectivity index (χ0v) is 10.8. The number of hydrogen-bond donors (Lipinski definition) is 2. The first-order chi connectivity index (χ1) is 7.91. The van der Waals surface area contributed by atoms with Crippen LogP contribution in [0.2, 0.25) is 0 Å².